The summed E-state index contributed by atoms with van der Waals surface area (Å²) in [6.45, 7) is 10.5. The lowest BCUT2D eigenvalue weighted by Crippen LogP contribution is -2.39. The highest BCUT2D eigenvalue weighted by Gasteiger charge is 2.31. The van der Waals surface area contributed by atoms with Gasteiger partial charge in [-0.05, 0) is 49.1 Å². The fourth-order valence-corrected chi connectivity index (χ4v) is 4.36. The van der Waals surface area contributed by atoms with E-state index in [2.05, 4.69) is 45.1 Å². The van der Waals surface area contributed by atoms with Gasteiger partial charge >= 0.3 is 0 Å². The van der Waals surface area contributed by atoms with Crippen LogP contribution in [0.25, 0.3) is 0 Å². The molecule has 2 atom stereocenters. The van der Waals surface area contributed by atoms with Crippen molar-refractivity contribution in [1.29, 1.82) is 0 Å². The van der Waals surface area contributed by atoms with E-state index >= 15 is 0 Å². The molecule has 2 rings (SSSR count). The molecular weight excluding hydrogens is 238 g/mol. The molecule has 0 bridgehead atoms. The van der Waals surface area contributed by atoms with Crippen molar-refractivity contribution in [3.8, 4) is 0 Å². The first-order valence-corrected chi connectivity index (χ1v) is 8.11. The van der Waals surface area contributed by atoms with E-state index in [-0.39, 0.29) is 0 Å². The Morgan fingerprint density at radius 1 is 1.28 bits per heavy atom. The third-order valence-electron chi connectivity index (χ3n) is 4.02. The molecule has 0 aliphatic heterocycles. The molecule has 1 N–H and O–H groups in total. The van der Waals surface area contributed by atoms with E-state index in [0.717, 1.165) is 18.9 Å². The first kappa shape index (κ1) is 14.1. The fourth-order valence-electron chi connectivity index (χ4n) is 3.45. The van der Waals surface area contributed by atoms with E-state index < -0.39 is 0 Å². The summed E-state index contributed by atoms with van der Waals surface area (Å²) in [6, 6.07) is 5.26. The summed E-state index contributed by atoms with van der Waals surface area (Å²) in [4.78, 5) is 2.99. The lowest BCUT2D eigenvalue weighted by molar-refractivity contribution is 0.151. The largest absolute Gasteiger partial charge is 0.309 e. The average Bonchev–Trinajstić information content (AvgIpc) is 2.71. The van der Waals surface area contributed by atoms with Gasteiger partial charge in [0.15, 0.2) is 0 Å². The standard InChI is InChI=1S/C16H27NS/c1-5-14-6-7-15(18-14)11-17-13-8-12(2)9-16(3,4)10-13/h6-7,12-13,17H,5,8-11H2,1-4H3. The lowest BCUT2D eigenvalue weighted by Gasteiger charge is -2.39. The van der Waals surface area contributed by atoms with Crippen LogP contribution in [0.15, 0.2) is 12.1 Å². The first-order valence-electron chi connectivity index (χ1n) is 7.29. The minimum absolute atomic E-state index is 0.513. The minimum atomic E-state index is 0.513. The van der Waals surface area contributed by atoms with E-state index in [1.54, 1.807) is 0 Å². The van der Waals surface area contributed by atoms with Gasteiger partial charge in [-0.1, -0.05) is 27.7 Å². The molecule has 18 heavy (non-hydrogen) atoms. The van der Waals surface area contributed by atoms with Crippen molar-refractivity contribution in [3.05, 3.63) is 21.9 Å². The minimum Gasteiger partial charge on any atom is -0.309 e. The summed E-state index contributed by atoms with van der Waals surface area (Å²) in [6.07, 6.45) is 5.21. The Morgan fingerprint density at radius 3 is 2.61 bits per heavy atom. The predicted molar refractivity (Wildman–Crippen MR) is 81.1 cm³/mol. The molecule has 1 aliphatic rings. The Bertz CT molecular complexity index is 380. The Morgan fingerprint density at radius 2 is 2.00 bits per heavy atom. The molecule has 1 heterocycles. The van der Waals surface area contributed by atoms with Crippen LogP contribution in [-0.4, -0.2) is 6.04 Å². The van der Waals surface area contributed by atoms with Gasteiger partial charge in [0, 0.05) is 22.3 Å². The molecule has 0 amide bonds. The second-order valence-electron chi connectivity index (χ2n) is 6.71. The van der Waals surface area contributed by atoms with Gasteiger partial charge in [-0.15, -0.1) is 11.3 Å². The SMILES string of the molecule is CCc1ccc(CNC2CC(C)CC(C)(C)C2)s1. The highest BCUT2D eigenvalue weighted by atomic mass is 32.1. The van der Waals surface area contributed by atoms with Gasteiger partial charge in [0.1, 0.15) is 0 Å². The molecule has 1 aromatic heterocycles. The van der Waals surface area contributed by atoms with Crippen LogP contribution in [-0.2, 0) is 13.0 Å². The Kier molecular flexibility index (Phi) is 4.50. The van der Waals surface area contributed by atoms with E-state index in [1.807, 2.05) is 11.3 Å². The molecule has 0 saturated heterocycles. The van der Waals surface area contributed by atoms with Crippen LogP contribution < -0.4 is 5.32 Å². The molecule has 1 saturated carbocycles. The number of thiophene rings is 1. The monoisotopic (exact) mass is 265 g/mol. The number of hydrogen-bond donors (Lipinski definition) is 1. The zero-order valence-corrected chi connectivity index (χ0v) is 13.1. The molecule has 0 aromatic carbocycles. The number of hydrogen-bond acceptors (Lipinski definition) is 2. The number of rotatable bonds is 4. The zero-order valence-electron chi connectivity index (χ0n) is 12.3. The number of aryl methyl sites for hydroxylation is 1. The van der Waals surface area contributed by atoms with Gasteiger partial charge < -0.3 is 5.32 Å². The fraction of sp³-hybridized carbons (Fsp3) is 0.750. The van der Waals surface area contributed by atoms with Gasteiger partial charge in [0.05, 0.1) is 0 Å². The quantitative estimate of drug-likeness (QED) is 0.838. The van der Waals surface area contributed by atoms with Crippen molar-refractivity contribution in [2.75, 3.05) is 0 Å². The molecule has 0 radical (unpaired) electrons. The van der Waals surface area contributed by atoms with E-state index in [4.69, 9.17) is 0 Å². The van der Waals surface area contributed by atoms with Crippen molar-refractivity contribution in [2.24, 2.45) is 11.3 Å². The Labute approximate surface area is 116 Å². The zero-order chi connectivity index (χ0) is 13.2. The summed E-state index contributed by atoms with van der Waals surface area (Å²) >= 11 is 1.96. The summed E-state index contributed by atoms with van der Waals surface area (Å²) < 4.78 is 0. The van der Waals surface area contributed by atoms with Crippen LogP contribution in [0, 0.1) is 11.3 Å². The molecule has 0 spiro atoms. The van der Waals surface area contributed by atoms with Crippen LogP contribution in [0.2, 0.25) is 0 Å². The second kappa shape index (κ2) is 5.75. The molecule has 1 nitrogen and oxygen atoms in total. The third kappa shape index (κ3) is 3.83. The molecule has 2 unspecified atom stereocenters. The molecular formula is C16H27NS. The van der Waals surface area contributed by atoms with Crippen molar-refractivity contribution in [2.45, 2.75) is 66.0 Å². The highest BCUT2D eigenvalue weighted by molar-refractivity contribution is 7.11. The van der Waals surface area contributed by atoms with Crippen LogP contribution in [0.1, 0.15) is 56.7 Å². The van der Waals surface area contributed by atoms with Crippen LogP contribution in [0.3, 0.4) is 0 Å². The van der Waals surface area contributed by atoms with Gasteiger partial charge in [-0.2, -0.15) is 0 Å². The molecule has 2 heteroatoms. The Hall–Kier alpha value is -0.340. The van der Waals surface area contributed by atoms with Crippen molar-refractivity contribution in [3.63, 3.8) is 0 Å². The third-order valence-corrected chi connectivity index (χ3v) is 5.25. The van der Waals surface area contributed by atoms with Gasteiger partial charge in [-0.3, -0.25) is 0 Å². The smallest absolute Gasteiger partial charge is 0.0302 e. The maximum absolute atomic E-state index is 3.77. The molecule has 1 aliphatic carbocycles. The van der Waals surface area contributed by atoms with Crippen LogP contribution in [0.4, 0.5) is 0 Å². The predicted octanol–water partition coefficient (Wildman–Crippen LogP) is 4.61. The van der Waals surface area contributed by atoms with Gasteiger partial charge in [0.25, 0.3) is 0 Å². The van der Waals surface area contributed by atoms with Crippen molar-refractivity contribution in [1.82, 2.24) is 5.32 Å². The second-order valence-corrected chi connectivity index (χ2v) is 7.97. The molecule has 102 valence electrons. The summed E-state index contributed by atoms with van der Waals surface area (Å²) in [5.41, 5.74) is 0.513. The topological polar surface area (TPSA) is 12.0 Å². The lowest BCUT2D eigenvalue weighted by atomic mass is 9.70. The maximum atomic E-state index is 3.77. The van der Waals surface area contributed by atoms with E-state index in [1.165, 1.54) is 29.0 Å². The maximum Gasteiger partial charge on any atom is 0.0302 e. The highest BCUT2D eigenvalue weighted by Crippen LogP contribution is 2.38. The first-order chi connectivity index (χ1) is 8.48. The van der Waals surface area contributed by atoms with E-state index in [9.17, 15) is 0 Å². The molecule has 1 fully saturated rings. The number of nitrogens with one attached hydrogen (secondary N) is 1. The normalized spacial score (nSPS) is 27.3. The van der Waals surface area contributed by atoms with Crippen molar-refractivity contribution >= 4 is 11.3 Å². The Balaban J connectivity index is 1.86. The van der Waals surface area contributed by atoms with E-state index in [0.29, 0.717) is 11.5 Å². The summed E-state index contributed by atoms with van der Waals surface area (Å²) in [5.74, 6) is 0.862. The van der Waals surface area contributed by atoms with Gasteiger partial charge in [-0.25, -0.2) is 0 Å². The summed E-state index contributed by atoms with van der Waals surface area (Å²) in [7, 11) is 0. The van der Waals surface area contributed by atoms with Crippen LogP contribution in [0.5, 0.6) is 0 Å². The average molecular weight is 265 g/mol. The van der Waals surface area contributed by atoms with Crippen LogP contribution >= 0.6 is 11.3 Å². The summed E-state index contributed by atoms with van der Waals surface area (Å²) in [5, 5.41) is 3.77. The van der Waals surface area contributed by atoms with Gasteiger partial charge in [0.2, 0.25) is 0 Å². The van der Waals surface area contributed by atoms with Crippen molar-refractivity contribution < 1.29 is 0 Å². The molecule has 1 aromatic rings.